The molecule has 0 radical (unpaired) electrons. The number of amides is 1. The van der Waals surface area contributed by atoms with E-state index in [0.29, 0.717) is 34.3 Å². The molecule has 0 bridgehead atoms. The lowest BCUT2D eigenvalue weighted by Gasteiger charge is -2.34. The summed E-state index contributed by atoms with van der Waals surface area (Å²) in [6.45, 7) is 6.04. The molecule has 140 valence electrons. The second-order valence-electron chi connectivity index (χ2n) is 6.91. The predicted octanol–water partition coefficient (Wildman–Crippen LogP) is 2.26. The van der Waals surface area contributed by atoms with Crippen molar-refractivity contribution >= 4 is 17.7 Å². The molecule has 26 heavy (non-hydrogen) atoms. The molecule has 2 unspecified atom stereocenters. The van der Waals surface area contributed by atoms with Crippen LogP contribution in [0.25, 0.3) is 11.4 Å². The Morgan fingerprint density at radius 3 is 2.65 bits per heavy atom. The normalized spacial score (nSPS) is 20.2. The van der Waals surface area contributed by atoms with E-state index in [4.69, 9.17) is 10.6 Å². The van der Waals surface area contributed by atoms with E-state index in [2.05, 4.69) is 24.0 Å². The minimum Gasteiger partial charge on any atom is -0.496 e. The molecule has 3 rings (SSSR count). The van der Waals surface area contributed by atoms with Crippen LogP contribution in [-0.2, 0) is 4.79 Å². The standard InChI is InChI=1S/C18H25N5O2S/c1-12-8-13(2)10-22(9-12)16(24)11-26-18-21-20-17(23(18)19)14-6-4-5-7-15(14)25-3/h4-7,12-13H,8-11,19H2,1-3H3. The SMILES string of the molecule is COc1ccccc1-c1nnc(SCC(=O)N2CC(C)CC(C)C2)n1N. The Labute approximate surface area is 157 Å². The molecule has 1 saturated heterocycles. The molecular weight excluding hydrogens is 350 g/mol. The van der Waals surface area contributed by atoms with E-state index in [9.17, 15) is 4.79 Å². The molecule has 1 aromatic carbocycles. The van der Waals surface area contributed by atoms with Crippen molar-refractivity contribution < 1.29 is 9.53 Å². The molecule has 1 amide bonds. The van der Waals surface area contributed by atoms with Gasteiger partial charge in [0, 0.05) is 13.1 Å². The molecule has 1 aliphatic rings. The van der Waals surface area contributed by atoms with Gasteiger partial charge in [0.25, 0.3) is 0 Å². The first-order chi connectivity index (χ1) is 12.5. The minimum absolute atomic E-state index is 0.121. The van der Waals surface area contributed by atoms with Crippen LogP contribution in [0.2, 0.25) is 0 Å². The van der Waals surface area contributed by atoms with Gasteiger partial charge in [-0.15, -0.1) is 10.2 Å². The summed E-state index contributed by atoms with van der Waals surface area (Å²) >= 11 is 1.31. The molecule has 0 spiro atoms. The molecule has 1 fully saturated rings. The molecule has 2 heterocycles. The van der Waals surface area contributed by atoms with Crippen molar-refractivity contribution in [2.24, 2.45) is 11.8 Å². The summed E-state index contributed by atoms with van der Waals surface area (Å²) < 4.78 is 6.77. The predicted molar refractivity (Wildman–Crippen MR) is 102 cm³/mol. The zero-order valence-corrected chi connectivity index (χ0v) is 16.2. The van der Waals surface area contributed by atoms with Gasteiger partial charge >= 0.3 is 0 Å². The molecule has 0 aliphatic carbocycles. The number of benzene rings is 1. The number of ether oxygens (including phenoxy) is 1. The van der Waals surface area contributed by atoms with Crippen LogP contribution in [0.15, 0.2) is 29.4 Å². The number of nitrogen functional groups attached to an aromatic ring is 1. The molecule has 7 nitrogen and oxygen atoms in total. The number of nitrogens with zero attached hydrogens (tertiary/aromatic N) is 4. The summed E-state index contributed by atoms with van der Waals surface area (Å²) in [5.41, 5.74) is 0.766. The van der Waals surface area contributed by atoms with Crippen LogP contribution < -0.4 is 10.6 Å². The van der Waals surface area contributed by atoms with Crippen molar-refractivity contribution in [3.05, 3.63) is 24.3 Å². The number of hydrogen-bond donors (Lipinski definition) is 1. The lowest BCUT2D eigenvalue weighted by atomic mass is 9.92. The number of methoxy groups -OCH3 is 1. The first kappa shape index (κ1) is 18.6. The number of thioether (sulfide) groups is 1. The Morgan fingerprint density at radius 1 is 1.27 bits per heavy atom. The van der Waals surface area contributed by atoms with Crippen molar-refractivity contribution in [1.82, 2.24) is 19.8 Å². The fraction of sp³-hybridized carbons (Fsp3) is 0.500. The molecule has 2 aromatic rings. The third-order valence-corrected chi connectivity index (χ3v) is 5.49. The molecule has 1 aromatic heterocycles. The molecule has 8 heteroatoms. The summed E-state index contributed by atoms with van der Waals surface area (Å²) in [5.74, 6) is 8.86. The number of carbonyl (C=O) groups excluding carboxylic acids is 1. The van der Waals surface area contributed by atoms with E-state index in [1.165, 1.54) is 22.9 Å². The summed E-state index contributed by atoms with van der Waals surface area (Å²) in [5, 5.41) is 8.82. The van der Waals surface area contributed by atoms with Gasteiger partial charge in [-0.05, 0) is 30.4 Å². The van der Waals surface area contributed by atoms with E-state index in [1.54, 1.807) is 7.11 Å². The molecular formula is C18H25N5O2S. The average Bonchev–Trinajstić information content (AvgIpc) is 2.99. The van der Waals surface area contributed by atoms with E-state index >= 15 is 0 Å². The lowest BCUT2D eigenvalue weighted by molar-refractivity contribution is -0.130. The molecule has 2 atom stereocenters. The Morgan fingerprint density at radius 2 is 1.96 bits per heavy atom. The van der Waals surface area contributed by atoms with E-state index in [0.717, 1.165) is 18.7 Å². The second kappa shape index (κ2) is 7.99. The van der Waals surface area contributed by atoms with E-state index in [1.807, 2.05) is 29.2 Å². The maximum Gasteiger partial charge on any atom is 0.233 e. The summed E-state index contributed by atoms with van der Waals surface area (Å²) in [6.07, 6.45) is 1.18. The van der Waals surface area contributed by atoms with E-state index < -0.39 is 0 Å². The maximum atomic E-state index is 12.5. The minimum atomic E-state index is 0.121. The smallest absolute Gasteiger partial charge is 0.233 e. The van der Waals surface area contributed by atoms with Crippen LogP contribution in [-0.4, -0.2) is 51.6 Å². The van der Waals surface area contributed by atoms with Gasteiger partial charge in [0.05, 0.1) is 18.4 Å². The second-order valence-corrected chi connectivity index (χ2v) is 7.85. The van der Waals surface area contributed by atoms with Crippen molar-refractivity contribution in [3.8, 4) is 17.1 Å². The number of nitrogens with two attached hydrogens (primary N) is 1. The highest BCUT2D eigenvalue weighted by molar-refractivity contribution is 7.99. The Bertz CT molecular complexity index is 769. The van der Waals surface area contributed by atoms with E-state index in [-0.39, 0.29) is 5.91 Å². The average molecular weight is 375 g/mol. The number of carbonyl (C=O) groups is 1. The largest absolute Gasteiger partial charge is 0.496 e. The molecule has 2 N–H and O–H groups in total. The van der Waals surface area contributed by atoms with Crippen LogP contribution in [0.1, 0.15) is 20.3 Å². The van der Waals surface area contributed by atoms with Gasteiger partial charge in [-0.3, -0.25) is 4.79 Å². The number of hydrogen-bond acceptors (Lipinski definition) is 6. The highest BCUT2D eigenvalue weighted by Crippen LogP contribution is 2.29. The highest BCUT2D eigenvalue weighted by Gasteiger charge is 2.26. The topological polar surface area (TPSA) is 86.3 Å². The monoisotopic (exact) mass is 375 g/mol. The molecule has 1 aliphatic heterocycles. The number of para-hydroxylation sites is 1. The quantitative estimate of drug-likeness (QED) is 0.637. The zero-order valence-electron chi connectivity index (χ0n) is 15.4. The van der Waals surface area contributed by atoms with Gasteiger partial charge in [-0.2, -0.15) is 0 Å². The Balaban J connectivity index is 1.68. The number of piperidine rings is 1. The first-order valence-corrected chi connectivity index (χ1v) is 9.72. The van der Waals surface area contributed by atoms with Crippen molar-refractivity contribution in [3.63, 3.8) is 0 Å². The fourth-order valence-electron chi connectivity index (χ4n) is 3.47. The van der Waals surface area contributed by atoms with Crippen LogP contribution in [0.4, 0.5) is 0 Å². The summed E-state index contributed by atoms with van der Waals surface area (Å²) in [6, 6.07) is 7.50. The number of likely N-dealkylation sites (tertiary alicyclic amines) is 1. The number of rotatable bonds is 5. The third-order valence-electron chi connectivity index (χ3n) is 4.56. The van der Waals surface area contributed by atoms with Crippen molar-refractivity contribution in [2.45, 2.75) is 25.4 Å². The van der Waals surface area contributed by atoms with Gasteiger partial charge in [-0.25, -0.2) is 4.68 Å². The number of aromatic nitrogens is 3. The van der Waals surface area contributed by atoms with Gasteiger partial charge in [-0.1, -0.05) is 37.7 Å². The third kappa shape index (κ3) is 3.95. The fourth-order valence-corrected chi connectivity index (χ4v) is 4.23. The van der Waals surface area contributed by atoms with Gasteiger partial charge < -0.3 is 15.5 Å². The van der Waals surface area contributed by atoms with Crippen molar-refractivity contribution in [2.75, 3.05) is 31.8 Å². The zero-order chi connectivity index (χ0) is 18.7. The molecule has 0 saturated carbocycles. The van der Waals surface area contributed by atoms with Gasteiger partial charge in [0.2, 0.25) is 11.1 Å². The lowest BCUT2D eigenvalue weighted by Crippen LogP contribution is -2.43. The van der Waals surface area contributed by atoms with Crippen molar-refractivity contribution in [1.29, 1.82) is 0 Å². The summed E-state index contributed by atoms with van der Waals surface area (Å²) in [4.78, 5) is 14.5. The van der Waals surface area contributed by atoms with Crippen LogP contribution >= 0.6 is 11.8 Å². The first-order valence-electron chi connectivity index (χ1n) is 8.74. The van der Waals surface area contributed by atoms with Crippen LogP contribution in [0, 0.1) is 11.8 Å². The Kier molecular flexibility index (Phi) is 5.70. The van der Waals surface area contributed by atoms with Crippen LogP contribution in [0.5, 0.6) is 5.75 Å². The van der Waals surface area contributed by atoms with Crippen LogP contribution in [0.3, 0.4) is 0 Å². The van der Waals surface area contributed by atoms with Gasteiger partial charge in [0.1, 0.15) is 5.75 Å². The Hall–Kier alpha value is -2.22. The summed E-state index contributed by atoms with van der Waals surface area (Å²) in [7, 11) is 1.60. The maximum absolute atomic E-state index is 12.5. The highest BCUT2D eigenvalue weighted by atomic mass is 32.2. The van der Waals surface area contributed by atoms with Gasteiger partial charge in [0.15, 0.2) is 5.82 Å².